The predicted molar refractivity (Wildman–Crippen MR) is 191 cm³/mol. The van der Waals surface area contributed by atoms with Crippen molar-refractivity contribution >= 4 is 43.6 Å². The molecule has 9 aromatic rings. The normalized spacial score (nSPS) is 11.5. The second kappa shape index (κ2) is 10.4. The molecule has 0 aliphatic rings. The van der Waals surface area contributed by atoms with E-state index in [1.165, 1.54) is 32.6 Å². The van der Waals surface area contributed by atoms with Gasteiger partial charge < -0.3 is 9.13 Å². The van der Waals surface area contributed by atoms with Gasteiger partial charge in [0.05, 0.1) is 39.4 Å². The van der Waals surface area contributed by atoms with E-state index in [1.54, 1.807) is 0 Å². The van der Waals surface area contributed by atoms with Crippen LogP contribution in [0.2, 0.25) is 0 Å². The van der Waals surface area contributed by atoms with E-state index >= 15 is 0 Å². The average Bonchev–Trinajstić information content (AvgIpc) is 3.64. The van der Waals surface area contributed by atoms with Crippen LogP contribution in [-0.2, 0) is 0 Å². The lowest BCUT2D eigenvalue weighted by Crippen LogP contribution is -1.99. The van der Waals surface area contributed by atoms with Crippen molar-refractivity contribution < 1.29 is 0 Å². The Bertz CT molecular complexity index is 2560. The SMILES string of the molecule is N#Cc1ccc(-n2c3ccccc3c3ccccc32)c(-c2ccccc2-c2cccc(-n3c4ccccc4c4ccccc43)c2)c1. The molecule has 9 rings (SSSR count). The Morgan fingerprint density at radius 1 is 0.391 bits per heavy atom. The van der Waals surface area contributed by atoms with Crippen LogP contribution in [0.15, 0.2) is 164 Å². The van der Waals surface area contributed by atoms with Crippen LogP contribution in [0.3, 0.4) is 0 Å². The molecule has 0 fully saturated rings. The summed E-state index contributed by atoms with van der Waals surface area (Å²) in [6.45, 7) is 0. The van der Waals surface area contributed by atoms with Crippen molar-refractivity contribution in [3.8, 4) is 39.7 Å². The van der Waals surface area contributed by atoms with Gasteiger partial charge in [-0.3, -0.25) is 0 Å². The lowest BCUT2D eigenvalue weighted by molar-refractivity contribution is 1.18. The van der Waals surface area contributed by atoms with Gasteiger partial charge in [-0.2, -0.15) is 5.26 Å². The summed E-state index contributed by atoms with van der Waals surface area (Å²) in [7, 11) is 0. The quantitative estimate of drug-likeness (QED) is 0.202. The maximum atomic E-state index is 10.0. The summed E-state index contributed by atoms with van der Waals surface area (Å²) in [5, 5.41) is 14.9. The molecule has 214 valence electrons. The summed E-state index contributed by atoms with van der Waals surface area (Å²) in [5.74, 6) is 0. The molecular formula is C43H27N3. The summed E-state index contributed by atoms with van der Waals surface area (Å²) >= 11 is 0. The van der Waals surface area contributed by atoms with Gasteiger partial charge in [-0.1, -0.05) is 109 Å². The maximum absolute atomic E-state index is 10.0. The first-order chi connectivity index (χ1) is 22.8. The molecule has 0 saturated carbocycles. The first-order valence-electron chi connectivity index (χ1n) is 15.5. The van der Waals surface area contributed by atoms with Gasteiger partial charge >= 0.3 is 0 Å². The van der Waals surface area contributed by atoms with Crippen molar-refractivity contribution in [3.63, 3.8) is 0 Å². The smallest absolute Gasteiger partial charge is 0.0991 e. The van der Waals surface area contributed by atoms with Crippen LogP contribution in [0.25, 0.3) is 77.2 Å². The van der Waals surface area contributed by atoms with Crippen LogP contribution < -0.4 is 0 Å². The molecule has 2 aromatic heterocycles. The van der Waals surface area contributed by atoms with E-state index in [1.807, 2.05) is 12.1 Å². The fourth-order valence-corrected chi connectivity index (χ4v) is 7.18. The van der Waals surface area contributed by atoms with Gasteiger partial charge in [-0.25, -0.2) is 0 Å². The molecule has 0 aliphatic heterocycles. The Hall–Kier alpha value is -6.37. The topological polar surface area (TPSA) is 33.6 Å². The molecule has 0 atom stereocenters. The molecule has 7 aromatic carbocycles. The Kier molecular flexibility index (Phi) is 5.88. The highest BCUT2D eigenvalue weighted by Crippen LogP contribution is 2.41. The molecule has 46 heavy (non-hydrogen) atoms. The monoisotopic (exact) mass is 585 g/mol. The van der Waals surface area contributed by atoms with E-state index < -0.39 is 0 Å². The molecule has 3 heteroatoms. The van der Waals surface area contributed by atoms with Crippen LogP contribution in [0.4, 0.5) is 0 Å². The molecule has 0 saturated heterocycles. The Morgan fingerprint density at radius 3 is 1.46 bits per heavy atom. The second-order valence-electron chi connectivity index (χ2n) is 11.7. The number of nitriles is 1. The predicted octanol–water partition coefficient (Wildman–Crippen LogP) is 11.1. The van der Waals surface area contributed by atoms with Gasteiger partial charge in [0.2, 0.25) is 0 Å². The van der Waals surface area contributed by atoms with Crippen molar-refractivity contribution in [1.29, 1.82) is 5.26 Å². The van der Waals surface area contributed by atoms with E-state index in [-0.39, 0.29) is 0 Å². The highest BCUT2D eigenvalue weighted by molar-refractivity contribution is 6.10. The fraction of sp³-hybridized carbons (Fsp3) is 0. The number of nitrogens with zero attached hydrogens (tertiary/aromatic N) is 3. The number of para-hydroxylation sites is 4. The minimum atomic E-state index is 0.633. The largest absolute Gasteiger partial charge is 0.309 e. The van der Waals surface area contributed by atoms with E-state index in [0.717, 1.165) is 44.7 Å². The van der Waals surface area contributed by atoms with Crippen LogP contribution in [0, 0.1) is 11.3 Å². The van der Waals surface area contributed by atoms with E-state index in [2.05, 4.69) is 167 Å². The number of rotatable bonds is 4. The third-order valence-electron chi connectivity index (χ3n) is 9.16. The number of fused-ring (bicyclic) bond motifs is 6. The first-order valence-corrected chi connectivity index (χ1v) is 15.5. The third kappa shape index (κ3) is 3.91. The average molecular weight is 586 g/mol. The van der Waals surface area contributed by atoms with Crippen molar-refractivity contribution in [1.82, 2.24) is 9.13 Å². The Labute approximate surface area is 266 Å². The summed E-state index contributed by atoms with van der Waals surface area (Å²) in [4.78, 5) is 0. The van der Waals surface area contributed by atoms with Gasteiger partial charge in [-0.15, -0.1) is 0 Å². The van der Waals surface area contributed by atoms with Crippen molar-refractivity contribution in [3.05, 3.63) is 169 Å². The zero-order valence-corrected chi connectivity index (χ0v) is 24.9. The molecule has 0 bridgehead atoms. The molecule has 3 nitrogen and oxygen atoms in total. The lowest BCUT2D eigenvalue weighted by Gasteiger charge is -2.18. The van der Waals surface area contributed by atoms with Gasteiger partial charge in [0.15, 0.2) is 0 Å². The summed E-state index contributed by atoms with van der Waals surface area (Å²) in [6, 6.07) is 60.1. The molecule has 0 radical (unpaired) electrons. The van der Waals surface area contributed by atoms with Gasteiger partial charge in [0, 0.05) is 32.8 Å². The summed E-state index contributed by atoms with van der Waals surface area (Å²) < 4.78 is 4.70. The molecule has 0 aliphatic carbocycles. The number of hydrogen-bond acceptors (Lipinski definition) is 1. The molecule has 0 N–H and O–H groups in total. The third-order valence-corrected chi connectivity index (χ3v) is 9.16. The van der Waals surface area contributed by atoms with E-state index in [0.29, 0.717) is 5.56 Å². The van der Waals surface area contributed by atoms with Gasteiger partial charge in [-0.05, 0) is 71.3 Å². The number of benzene rings is 7. The van der Waals surface area contributed by atoms with Crippen molar-refractivity contribution in [2.24, 2.45) is 0 Å². The number of hydrogen-bond donors (Lipinski definition) is 0. The maximum Gasteiger partial charge on any atom is 0.0991 e. The second-order valence-corrected chi connectivity index (χ2v) is 11.7. The van der Waals surface area contributed by atoms with Crippen molar-refractivity contribution in [2.45, 2.75) is 0 Å². The zero-order chi connectivity index (χ0) is 30.6. The molecule has 0 unspecified atom stereocenters. The van der Waals surface area contributed by atoms with Crippen LogP contribution in [0.1, 0.15) is 5.56 Å². The van der Waals surface area contributed by atoms with E-state index in [4.69, 9.17) is 0 Å². The fourth-order valence-electron chi connectivity index (χ4n) is 7.18. The van der Waals surface area contributed by atoms with Crippen LogP contribution >= 0.6 is 0 Å². The molecule has 0 amide bonds. The standard InChI is InChI=1S/C43H27N3/c44-28-29-24-25-43(46-41-22-9-5-18-36(41)37-19-6-10-23-42(37)46)38(26-29)33-15-2-1-14-32(33)30-12-11-13-31(27-30)45-39-20-7-3-16-34(39)35-17-4-8-21-40(35)45/h1-27H. The zero-order valence-electron chi connectivity index (χ0n) is 24.9. The molecule has 0 spiro atoms. The molecular weight excluding hydrogens is 558 g/mol. The van der Waals surface area contributed by atoms with Crippen molar-refractivity contribution in [2.75, 3.05) is 0 Å². The van der Waals surface area contributed by atoms with Crippen LogP contribution in [0.5, 0.6) is 0 Å². The van der Waals surface area contributed by atoms with Gasteiger partial charge in [0.25, 0.3) is 0 Å². The summed E-state index contributed by atoms with van der Waals surface area (Å²) in [5.41, 5.74) is 11.8. The summed E-state index contributed by atoms with van der Waals surface area (Å²) in [6.07, 6.45) is 0. The highest BCUT2D eigenvalue weighted by atomic mass is 15.0. The number of aromatic nitrogens is 2. The Balaban J connectivity index is 1.29. The highest BCUT2D eigenvalue weighted by Gasteiger charge is 2.19. The Morgan fingerprint density at radius 2 is 0.891 bits per heavy atom. The van der Waals surface area contributed by atoms with Gasteiger partial charge in [0.1, 0.15) is 0 Å². The molecule has 2 heterocycles. The minimum absolute atomic E-state index is 0.633. The minimum Gasteiger partial charge on any atom is -0.309 e. The lowest BCUT2D eigenvalue weighted by atomic mass is 9.92. The first kappa shape index (κ1) is 26.1. The van der Waals surface area contributed by atoms with Crippen LogP contribution in [-0.4, -0.2) is 9.13 Å². The van der Waals surface area contributed by atoms with E-state index in [9.17, 15) is 5.26 Å².